The highest BCUT2D eigenvalue weighted by Gasteiger charge is 2.20. The molecule has 0 saturated carbocycles. The van der Waals surface area contributed by atoms with Crippen molar-refractivity contribution in [3.05, 3.63) is 33.1 Å². The summed E-state index contributed by atoms with van der Waals surface area (Å²) in [5.74, 6) is -0.823. The SMILES string of the molecule is O=[N+]([O-])c1cc(F)c(Cl)cc1NCC1COCCO1. The molecule has 8 heteroatoms. The molecule has 0 spiro atoms. The number of nitro benzene ring substituents is 1. The van der Waals surface area contributed by atoms with E-state index in [-0.39, 0.29) is 22.5 Å². The number of anilines is 1. The zero-order valence-electron chi connectivity index (χ0n) is 9.90. The van der Waals surface area contributed by atoms with E-state index in [0.29, 0.717) is 26.4 Å². The van der Waals surface area contributed by atoms with Crippen LogP contribution >= 0.6 is 11.6 Å². The molecule has 1 fully saturated rings. The molecule has 1 aliphatic heterocycles. The van der Waals surface area contributed by atoms with Crippen molar-refractivity contribution in [1.82, 2.24) is 0 Å². The monoisotopic (exact) mass is 290 g/mol. The molecule has 1 aromatic rings. The number of rotatable bonds is 4. The van der Waals surface area contributed by atoms with Crippen molar-refractivity contribution in [2.45, 2.75) is 6.10 Å². The first-order valence-corrected chi connectivity index (χ1v) is 6.02. The summed E-state index contributed by atoms with van der Waals surface area (Å²) in [6.45, 7) is 1.76. The summed E-state index contributed by atoms with van der Waals surface area (Å²) in [6, 6.07) is 1.99. The molecule has 19 heavy (non-hydrogen) atoms. The average Bonchev–Trinajstić information content (AvgIpc) is 2.40. The third-order valence-electron chi connectivity index (χ3n) is 2.64. The second-order valence-corrected chi connectivity index (χ2v) is 4.40. The van der Waals surface area contributed by atoms with Crippen LogP contribution in [0.1, 0.15) is 0 Å². The van der Waals surface area contributed by atoms with Gasteiger partial charge in [0.2, 0.25) is 0 Å². The fourth-order valence-electron chi connectivity index (χ4n) is 1.71. The van der Waals surface area contributed by atoms with Gasteiger partial charge in [0.25, 0.3) is 5.69 Å². The van der Waals surface area contributed by atoms with Gasteiger partial charge < -0.3 is 14.8 Å². The van der Waals surface area contributed by atoms with Gasteiger partial charge in [0.05, 0.1) is 41.9 Å². The second-order valence-electron chi connectivity index (χ2n) is 3.99. The van der Waals surface area contributed by atoms with Crippen LogP contribution in [0.5, 0.6) is 0 Å². The fourth-order valence-corrected chi connectivity index (χ4v) is 1.87. The third-order valence-corrected chi connectivity index (χ3v) is 2.93. The van der Waals surface area contributed by atoms with Crippen molar-refractivity contribution < 1.29 is 18.8 Å². The lowest BCUT2D eigenvalue weighted by Gasteiger charge is -2.23. The van der Waals surface area contributed by atoms with Crippen molar-refractivity contribution in [2.75, 3.05) is 31.7 Å². The smallest absolute Gasteiger partial charge is 0.295 e. The Morgan fingerprint density at radius 2 is 2.32 bits per heavy atom. The standard InChI is InChI=1S/C11H12ClFN2O4/c12-8-3-10(11(15(16)17)4-9(8)13)14-5-7-6-18-1-2-19-7/h3-4,7,14H,1-2,5-6H2. The van der Waals surface area contributed by atoms with Crippen LogP contribution in [0.3, 0.4) is 0 Å². The third kappa shape index (κ3) is 3.52. The molecule has 0 amide bonds. The molecule has 1 saturated heterocycles. The number of benzene rings is 1. The molecule has 6 nitrogen and oxygen atoms in total. The summed E-state index contributed by atoms with van der Waals surface area (Å²) in [4.78, 5) is 10.2. The Morgan fingerprint density at radius 1 is 1.53 bits per heavy atom. The van der Waals surface area contributed by atoms with Gasteiger partial charge in [0.1, 0.15) is 11.5 Å². The van der Waals surface area contributed by atoms with E-state index in [1.54, 1.807) is 0 Å². The van der Waals surface area contributed by atoms with Crippen LogP contribution in [0.15, 0.2) is 12.1 Å². The normalized spacial score (nSPS) is 19.2. The van der Waals surface area contributed by atoms with Gasteiger partial charge in [-0.3, -0.25) is 10.1 Å². The van der Waals surface area contributed by atoms with Gasteiger partial charge >= 0.3 is 0 Å². The summed E-state index contributed by atoms with van der Waals surface area (Å²) in [5, 5.41) is 13.5. The van der Waals surface area contributed by atoms with Crippen LogP contribution in [0, 0.1) is 15.9 Å². The van der Waals surface area contributed by atoms with Crippen LogP contribution in [0.25, 0.3) is 0 Å². The maximum absolute atomic E-state index is 13.2. The number of nitrogens with zero attached hydrogens (tertiary/aromatic N) is 1. The molecule has 0 bridgehead atoms. The van der Waals surface area contributed by atoms with Gasteiger partial charge in [-0.05, 0) is 6.07 Å². The lowest BCUT2D eigenvalue weighted by atomic mass is 10.2. The summed E-state index contributed by atoms with van der Waals surface area (Å²) < 4.78 is 23.8. The quantitative estimate of drug-likeness (QED) is 0.680. The first-order chi connectivity index (χ1) is 9.08. The molecule has 0 aromatic heterocycles. The molecule has 0 radical (unpaired) electrons. The summed E-state index contributed by atoms with van der Waals surface area (Å²) in [7, 11) is 0. The van der Waals surface area contributed by atoms with Gasteiger partial charge in [-0.2, -0.15) is 0 Å². The Hall–Kier alpha value is -1.44. The molecule has 0 aliphatic carbocycles. The Bertz CT molecular complexity index is 480. The first kappa shape index (κ1) is 14.0. The van der Waals surface area contributed by atoms with Gasteiger partial charge in [0.15, 0.2) is 0 Å². The van der Waals surface area contributed by atoms with Crippen LogP contribution in [-0.4, -0.2) is 37.4 Å². The van der Waals surface area contributed by atoms with Gasteiger partial charge in [-0.15, -0.1) is 0 Å². The minimum Gasteiger partial charge on any atom is -0.377 e. The zero-order chi connectivity index (χ0) is 13.8. The lowest BCUT2D eigenvalue weighted by Crippen LogP contribution is -2.34. The predicted molar refractivity (Wildman–Crippen MR) is 67.1 cm³/mol. The highest BCUT2D eigenvalue weighted by Crippen LogP contribution is 2.30. The average molecular weight is 291 g/mol. The predicted octanol–water partition coefficient (Wildman–Crippen LogP) is 2.21. The van der Waals surface area contributed by atoms with Gasteiger partial charge in [0, 0.05) is 6.54 Å². The number of nitro groups is 1. The number of hydrogen-bond donors (Lipinski definition) is 1. The molecule has 104 valence electrons. The van der Waals surface area contributed by atoms with Crippen molar-refractivity contribution in [3.8, 4) is 0 Å². The summed E-state index contributed by atoms with van der Waals surface area (Å²) >= 11 is 5.62. The van der Waals surface area contributed by atoms with E-state index < -0.39 is 10.7 Å². The summed E-state index contributed by atoms with van der Waals surface area (Å²) in [5.41, 5.74) is -0.204. The first-order valence-electron chi connectivity index (χ1n) is 5.64. The number of hydrogen-bond acceptors (Lipinski definition) is 5. The van der Waals surface area contributed by atoms with Gasteiger partial charge in [-0.25, -0.2) is 4.39 Å². The van der Waals surface area contributed by atoms with E-state index in [9.17, 15) is 14.5 Å². The maximum atomic E-state index is 13.2. The van der Waals surface area contributed by atoms with E-state index in [4.69, 9.17) is 21.1 Å². The topological polar surface area (TPSA) is 73.6 Å². The Balaban J connectivity index is 2.09. The van der Waals surface area contributed by atoms with Crippen molar-refractivity contribution >= 4 is 23.0 Å². The van der Waals surface area contributed by atoms with Crippen LogP contribution in [-0.2, 0) is 9.47 Å². The minimum absolute atomic E-state index is 0.158. The second kappa shape index (κ2) is 6.14. The van der Waals surface area contributed by atoms with Crippen LogP contribution < -0.4 is 5.32 Å². The highest BCUT2D eigenvalue weighted by atomic mass is 35.5. The molecule has 1 aromatic carbocycles. The molecule has 2 rings (SSSR count). The Morgan fingerprint density at radius 3 is 2.95 bits per heavy atom. The van der Waals surface area contributed by atoms with E-state index in [2.05, 4.69) is 5.32 Å². The van der Waals surface area contributed by atoms with Crippen LogP contribution in [0.4, 0.5) is 15.8 Å². The molecule has 1 atom stereocenters. The number of ether oxygens (including phenoxy) is 2. The number of nitrogens with one attached hydrogen (secondary N) is 1. The van der Waals surface area contributed by atoms with Crippen molar-refractivity contribution in [2.24, 2.45) is 0 Å². The van der Waals surface area contributed by atoms with Gasteiger partial charge in [-0.1, -0.05) is 11.6 Å². The molecule has 1 N–H and O–H groups in total. The fraction of sp³-hybridized carbons (Fsp3) is 0.455. The highest BCUT2D eigenvalue weighted by molar-refractivity contribution is 6.31. The molecular formula is C11H12ClFN2O4. The Labute approximate surface area is 113 Å². The molecule has 1 aliphatic rings. The largest absolute Gasteiger partial charge is 0.377 e. The number of halogens is 2. The Kier molecular flexibility index (Phi) is 4.52. The summed E-state index contributed by atoms with van der Waals surface area (Å²) in [6.07, 6.45) is -0.197. The van der Waals surface area contributed by atoms with E-state index in [1.807, 2.05) is 0 Å². The van der Waals surface area contributed by atoms with Crippen molar-refractivity contribution in [1.29, 1.82) is 0 Å². The van der Waals surface area contributed by atoms with Crippen LogP contribution in [0.2, 0.25) is 5.02 Å². The van der Waals surface area contributed by atoms with E-state index >= 15 is 0 Å². The van der Waals surface area contributed by atoms with E-state index in [0.717, 1.165) is 6.07 Å². The minimum atomic E-state index is -0.823. The molecular weight excluding hydrogens is 279 g/mol. The molecule has 1 heterocycles. The maximum Gasteiger partial charge on any atom is 0.295 e. The zero-order valence-corrected chi connectivity index (χ0v) is 10.7. The lowest BCUT2D eigenvalue weighted by molar-refractivity contribution is -0.384. The molecule has 1 unspecified atom stereocenters. The van der Waals surface area contributed by atoms with Crippen molar-refractivity contribution in [3.63, 3.8) is 0 Å². The van der Waals surface area contributed by atoms with E-state index in [1.165, 1.54) is 6.07 Å².